The highest BCUT2D eigenvalue weighted by molar-refractivity contribution is 7.12. The van der Waals surface area contributed by atoms with Gasteiger partial charge in [-0.25, -0.2) is 0 Å². The zero-order valence-electron chi connectivity index (χ0n) is 21.7. The topological polar surface area (TPSA) is 63.2 Å². The van der Waals surface area contributed by atoms with Gasteiger partial charge >= 0.3 is 0 Å². The predicted molar refractivity (Wildman–Crippen MR) is 150 cm³/mol. The summed E-state index contributed by atoms with van der Waals surface area (Å²) < 4.78 is 12.2. The molecule has 0 saturated carbocycles. The van der Waals surface area contributed by atoms with Crippen molar-refractivity contribution in [1.29, 1.82) is 0 Å². The van der Waals surface area contributed by atoms with Gasteiger partial charge in [0.25, 0.3) is 0 Å². The standard InChI is InChI=1S/C30H32N2O4S/c1-18-16-30(2,3)31-22-10-9-21-27(26(18)22)25(36-24-12-11-23(33)29(34-4)28(21)24)15-19-7-8-20(37-19)17-35-32-13-5-6-14-32/h7-12,15-16,31,33H,5-6,13-14,17H2,1-4H3/b25-15-. The highest BCUT2D eigenvalue weighted by Gasteiger charge is 2.33. The van der Waals surface area contributed by atoms with Crippen LogP contribution < -0.4 is 14.8 Å². The minimum atomic E-state index is -0.156. The average molecular weight is 517 g/mol. The lowest BCUT2D eigenvalue weighted by Crippen LogP contribution is -2.32. The third-order valence-corrected chi connectivity index (χ3v) is 8.09. The first kappa shape index (κ1) is 24.1. The molecule has 6 rings (SSSR count). The second-order valence-electron chi connectivity index (χ2n) is 10.4. The molecular formula is C30H32N2O4S. The number of thiophene rings is 1. The molecule has 192 valence electrons. The second-order valence-corrected chi connectivity index (χ2v) is 11.6. The van der Waals surface area contributed by atoms with E-state index in [4.69, 9.17) is 14.3 Å². The summed E-state index contributed by atoms with van der Waals surface area (Å²) in [7, 11) is 1.57. The number of benzene rings is 2. The van der Waals surface area contributed by atoms with Crippen LogP contribution in [0.1, 0.15) is 54.5 Å². The Balaban J connectivity index is 1.46. The van der Waals surface area contributed by atoms with Crippen LogP contribution in [0.15, 0.2) is 42.5 Å². The van der Waals surface area contributed by atoms with Crippen LogP contribution in [-0.2, 0) is 11.4 Å². The van der Waals surface area contributed by atoms with Gasteiger partial charge in [0.15, 0.2) is 11.5 Å². The molecule has 3 aliphatic rings. The Bertz CT molecular complexity index is 1430. The number of phenolic OH excluding ortho intramolecular Hbond substituents is 1. The number of nitrogens with zero attached hydrogens (tertiary/aromatic N) is 1. The van der Waals surface area contributed by atoms with Gasteiger partial charge in [-0.3, -0.25) is 4.84 Å². The maximum atomic E-state index is 10.6. The van der Waals surface area contributed by atoms with Gasteiger partial charge in [-0.05, 0) is 75.6 Å². The molecule has 3 aliphatic heterocycles. The minimum Gasteiger partial charge on any atom is -0.504 e. The van der Waals surface area contributed by atoms with Crippen molar-refractivity contribution < 1.29 is 19.4 Å². The van der Waals surface area contributed by atoms with Gasteiger partial charge in [-0.15, -0.1) is 11.3 Å². The zero-order valence-corrected chi connectivity index (χ0v) is 22.5. The van der Waals surface area contributed by atoms with Crippen molar-refractivity contribution in [3.05, 3.63) is 63.4 Å². The minimum absolute atomic E-state index is 0.0911. The largest absolute Gasteiger partial charge is 0.504 e. The van der Waals surface area contributed by atoms with Gasteiger partial charge in [-0.1, -0.05) is 12.1 Å². The normalized spacial score (nSPS) is 18.9. The first-order chi connectivity index (χ1) is 17.8. The number of allylic oxidation sites excluding steroid dienone is 1. The number of hydrogen-bond donors (Lipinski definition) is 2. The lowest BCUT2D eigenvalue weighted by molar-refractivity contribution is -0.152. The van der Waals surface area contributed by atoms with Crippen LogP contribution in [0.25, 0.3) is 28.5 Å². The number of aromatic hydroxyl groups is 1. The fourth-order valence-corrected chi connectivity index (χ4v) is 6.45. The summed E-state index contributed by atoms with van der Waals surface area (Å²) in [5.74, 6) is 1.94. The molecule has 0 bridgehead atoms. The van der Waals surface area contributed by atoms with E-state index in [1.54, 1.807) is 30.6 Å². The van der Waals surface area contributed by atoms with Crippen molar-refractivity contribution in [2.24, 2.45) is 0 Å². The molecule has 3 aromatic rings. The Morgan fingerprint density at radius 3 is 2.68 bits per heavy atom. The van der Waals surface area contributed by atoms with E-state index in [0.717, 1.165) is 51.7 Å². The van der Waals surface area contributed by atoms with Crippen molar-refractivity contribution in [3.8, 4) is 28.4 Å². The Kier molecular flexibility index (Phi) is 6.02. The molecule has 0 unspecified atom stereocenters. The van der Waals surface area contributed by atoms with Gasteiger partial charge in [0.05, 0.1) is 18.2 Å². The van der Waals surface area contributed by atoms with E-state index in [0.29, 0.717) is 18.1 Å². The van der Waals surface area contributed by atoms with Crippen molar-refractivity contribution in [3.63, 3.8) is 0 Å². The number of rotatable bonds is 5. The number of hydroxylamine groups is 2. The fourth-order valence-electron chi connectivity index (χ4n) is 5.60. The number of fused-ring (bicyclic) bond motifs is 5. The molecule has 2 N–H and O–H groups in total. The monoisotopic (exact) mass is 516 g/mol. The van der Waals surface area contributed by atoms with E-state index >= 15 is 0 Å². The van der Waals surface area contributed by atoms with Crippen LogP contribution in [0.2, 0.25) is 0 Å². The van der Waals surface area contributed by atoms with Gasteiger partial charge in [0.1, 0.15) is 18.1 Å². The van der Waals surface area contributed by atoms with E-state index in [1.807, 2.05) is 0 Å². The van der Waals surface area contributed by atoms with Crippen molar-refractivity contribution in [1.82, 2.24) is 5.06 Å². The molecule has 2 aromatic carbocycles. The molecule has 0 amide bonds. The van der Waals surface area contributed by atoms with Crippen LogP contribution >= 0.6 is 11.3 Å². The first-order valence-electron chi connectivity index (χ1n) is 12.7. The van der Waals surface area contributed by atoms with Crippen molar-refractivity contribution >= 4 is 34.4 Å². The van der Waals surface area contributed by atoms with Gasteiger partial charge in [0.2, 0.25) is 0 Å². The second kappa shape index (κ2) is 9.24. The molecule has 0 radical (unpaired) electrons. The van der Waals surface area contributed by atoms with Crippen LogP contribution in [-0.4, -0.2) is 35.9 Å². The van der Waals surface area contributed by atoms with Crippen LogP contribution in [0, 0.1) is 0 Å². The molecule has 0 atom stereocenters. The number of methoxy groups -OCH3 is 1. The van der Waals surface area contributed by atoms with Crippen molar-refractivity contribution in [2.45, 2.75) is 45.8 Å². The molecular weight excluding hydrogens is 484 g/mol. The van der Waals surface area contributed by atoms with Crippen LogP contribution in [0.4, 0.5) is 5.69 Å². The van der Waals surface area contributed by atoms with Crippen LogP contribution in [0.3, 0.4) is 0 Å². The molecule has 6 nitrogen and oxygen atoms in total. The fraction of sp³-hybridized carbons (Fsp3) is 0.333. The highest BCUT2D eigenvalue weighted by atomic mass is 32.1. The van der Waals surface area contributed by atoms with Crippen LogP contribution in [0.5, 0.6) is 17.2 Å². The Morgan fingerprint density at radius 1 is 1.08 bits per heavy atom. The summed E-state index contributed by atoms with van der Waals surface area (Å²) in [6.45, 7) is 9.08. The highest BCUT2D eigenvalue weighted by Crippen LogP contribution is 2.54. The Hall–Kier alpha value is -3.26. The summed E-state index contributed by atoms with van der Waals surface area (Å²) >= 11 is 1.71. The smallest absolute Gasteiger partial charge is 0.172 e. The van der Waals surface area contributed by atoms with Gasteiger partial charge in [0, 0.05) is 45.2 Å². The average Bonchev–Trinajstić information content (AvgIpc) is 3.54. The maximum absolute atomic E-state index is 10.6. The third-order valence-electron chi connectivity index (χ3n) is 7.08. The number of anilines is 1. The summed E-state index contributed by atoms with van der Waals surface area (Å²) in [5.41, 5.74) is 5.92. The van der Waals surface area contributed by atoms with E-state index in [2.05, 4.69) is 67.6 Å². The van der Waals surface area contributed by atoms with Gasteiger partial charge < -0.3 is 19.9 Å². The van der Waals surface area contributed by atoms with Gasteiger partial charge in [-0.2, -0.15) is 5.06 Å². The SMILES string of the molecule is COc1c(O)ccc2c1-c1ccc3c(c1/C(=C/c1ccc(CON4CCCC4)s1)O2)C(C)=CC(C)(C)N3. The lowest BCUT2D eigenvalue weighted by atomic mass is 9.83. The molecule has 4 heterocycles. The number of ether oxygens (including phenoxy) is 2. The molecule has 0 spiro atoms. The molecule has 1 fully saturated rings. The van der Waals surface area contributed by atoms with E-state index in [1.165, 1.54) is 23.3 Å². The van der Waals surface area contributed by atoms with E-state index < -0.39 is 0 Å². The number of hydrogen-bond acceptors (Lipinski definition) is 7. The maximum Gasteiger partial charge on any atom is 0.172 e. The molecule has 7 heteroatoms. The lowest BCUT2D eigenvalue weighted by Gasteiger charge is -2.35. The first-order valence-corrected chi connectivity index (χ1v) is 13.6. The van der Waals surface area contributed by atoms with E-state index in [9.17, 15) is 5.11 Å². The summed E-state index contributed by atoms with van der Waals surface area (Å²) in [6.07, 6.45) is 6.76. The molecule has 1 aromatic heterocycles. The zero-order chi connectivity index (χ0) is 25.7. The summed E-state index contributed by atoms with van der Waals surface area (Å²) in [5, 5.41) is 16.3. The Morgan fingerprint density at radius 2 is 1.89 bits per heavy atom. The van der Waals surface area contributed by atoms with E-state index in [-0.39, 0.29) is 11.3 Å². The summed E-state index contributed by atoms with van der Waals surface area (Å²) in [4.78, 5) is 8.25. The number of nitrogens with one attached hydrogen (secondary N) is 1. The Labute approximate surface area is 221 Å². The molecule has 37 heavy (non-hydrogen) atoms. The molecule has 1 saturated heterocycles. The third kappa shape index (κ3) is 4.41. The molecule has 0 aliphatic carbocycles. The van der Waals surface area contributed by atoms with Crippen molar-refractivity contribution in [2.75, 3.05) is 25.5 Å². The predicted octanol–water partition coefficient (Wildman–Crippen LogP) is 7.15. The quantitative estimate of drug-likeness (QED) is 0.375. The number of phenols is 1. The summed E-state index contributed by atoms with van der Waals surface area (Å²) in [6, 6.07) is 11.9.